The number of halogens is 1. The van der Waals surface area contributed by atoms with Gasteiger partial charge < -0.3 is 4.90 Å². The Hall–Kier alpha value is -1.03. The van der Waals surface area contributed by atoms with Crippen LogP contribution in [-0.2, 0) is 4.79 Å². The van der Waals surface area contributed by atoms with Crippen molar-refractivity contribution in [2.75, 3.05) is 5.75 Å². The second kappa shape index (κ2) is 4.45. The van der Waals surface area contributed by atoms with Gasteiger partial charge in [0, 0.05) is 11.6 Å². The van der Waals surface area contributed by atoms with E-state index in [2.05, 4.69) is 0 Å². The van der Waals surface area contributed by atoms with Crippen LogP contribution in [0.1, 0.15) is 24.8 Å². The molecule has 0 radical (unpaired) electrons. The molecule has 2 nitrogen and oxygen atoms in total. The van der Waals surface area contributed by atoms with Crippen LogP contribution in [0.5, 0.6) is 0 Å². The number of benzene rings is 1. The van der Waals surface area contributed by atoms with E-state index in [1.807, 2.05) is 13.8 Å². The van der Waals surface area contributed by atoms with E-state index in [0.29, 0.717) is 11.3 Å². The van der Waals surface area contributed by atoms with E-state index >= 15 is 0 Å². The minimum Gasteiger partial charge on any atom is -0.323 e. The lowest BCUT2D eigenvalue weighted by atomic mass is 10.1. The minimum atomic E-state index is -0.236. The van der Waals surface area contributed by atoms with Crippen LogP contribution in [0.3, 0.4) is 0 Å². The number of carbonyl (C=O) groups is 1. The highest BCUT2D eigenvalue weighted by molar-refractivity contribution is 8.00. The molecule has 1 aromatic carbocycles. The van der Waals surface area contributed by atoms with Crippen LogP contribution in [0.4, 0.5) is 4.39 Å². The van der Waals surface area contributed by atoms with Gasteiger partial charge in [0.25, 0.3) is 0 Å². The van der Waals surface area contributed by atoms with Crippen LogP contribution in [0, 0.1) is 5.82 Å². The van der Waals surface area contributed by atoms with E-state index in [-0.39, 0.29) is 23.1 Å². The summed E-state index contributed by atoms with van der Waals surface area (Å²) in [5.41, 5.74) is 0.604. The lowest BCUT2D eigenvalue weighted by Crippen LogP contribution is -2.34. The molecule has 1 amide bonds. The summed E-state index contributed by atoms with van der Waals surface area (Å²) >= 11 is 1.49. The zero-order valence-electron chi connectivity index (χ0n) is 9.31. The molecular weight excluding hydrogens is 225 g/mol. The van der Waals surface area contributed by atoms with Crippen molar-refractivity contribution in [3.63, 3.8) is 0 Å². The summed E-state index contributed by atoms with van der Waals surface area (Å²) in [5.74, 6) is 0.297. The third-order valence-corrected chi connectivity index (χ3v) is 3.84. The van der Waals surface area contributed by atoms with Crippen LogP contribution in [0.15, 0.2) is 24.3 Å². The maximum Gasteiger partial charge on any atom is 0.234 e. The molecule has 1 aromatic rings. The Balaban J connectivity index is 2.34. The molecule has 16 heavy (non-hydrogen) atoms. The van der Waals surface area contributed by atoms with Gasteiger partial charge in [-0.05, 0) is 19.9 Å². The lowest BCUT2D eigenvalue weighted by molar-refractivity contribution is -0.129. The van der Waals surface area contributed by atoms with Crippen molar-refractivity contribution in [1.82, 2.24) is 4.90 Å². The average Bonchev–Trinajstić information content (AvgIpc) is 2.61. The minimum absolute atomic E-state index is 0.0910. The van der Waals surface area contributed by atoms with E-state index in [1.165, 1.54) is 17.8 Å². The van der Waals surface area contributed by atoms with Crippen molar-refractivity contribution in [2.24, 2.45) is 0 Å². The summed E-state index contributed by atoms with van der Waals surface area (Å²) in [6, 6.07) is 6.77. The molecular formula is C12H14FNOS. The topological polar surface area (TPSA) is 20.3 Å². The van der Waals surface area contributed by atoms with Crippen molar-refractivity contribution in [2.45, 2.75) is 25.3 Å². The number of amides is 1. The largest absolute Gasteiger partial charge is 0.323 e. The third-order valence-electron chi connectivity index (χ3n) is 2.63. The van der Waals surface area contributed by atoms with Gasteiger partial charge in [0.15, 0.2) is 0 Å². The molecule has 2 rings (SSSR count). The molecule has 1 heterocycles. The smallest absolute Gasteiger partial charge is 0.234 e. The first-order chi connectivity index (χ1) is 7.61. The van der Waals surface area contributed by atoms with E-state index in [9.17, 15) is 9.18 Å². The van der Waals surface area contributed by atoms with Gasteiger partial charge in [0.1, 0.15) is 11.2 Å². The first-order valence-corrected chi connectivity index (χ1v) is 6.33. The molecule has 86 valence electrons. The van der Waals surface area contributed by atoms with Gasteiger partial charge in [-0.1, -0.05) is 18.2 Å². The number of rotatable bonds is 2. The van der Waals surface area contributed by atoms with Gasteiger partial charge >= 0.3 is 0 Å². The Morgan fingerprint density at radius 3 is 2.75 bits per heavy atom. The van der Waals surface area contributed by atoms with Crippen LogP contribution in [0.25, 0.3) is 0 Å². The Morgan fingerprint density at radius 2 is 2.12 bits per heavy atom. The normalized spacial score (nSPS) is 20.9. The summed E-state index contributed by atoms with van der Waals surface area (Å²) in [7, 11) is 0. The number of hydrogen-bond acceptors (Lipinski definition) is 2. The monoisotopic (exact) mass is 239 g/mol. The van der Waals surface area contributed by atoms with Crippen LogP contribution in [-0.4, -0.2) is 22.6 Å². The molecule has 0 aliphatic carbocycles. The summed E-state index contributed by atoms with van der Waals surface area (Å²) in [6.07, 6.45) is 0. The molecule has 1 saturated heterocycles. The maximum absolute atomic E-state index is 13.7. The van der Waals surface area contributed by atoms with E-state index < -0.39 is 0 Å². The number of nitrogens with zero attached hydrogens (tertiary/aromatic N) is 1. The van der Waals surface area contributed by atoms with Crippen molar-refractivity contribution >= 4 is 17.7 Å². The maximum atomic E-state index is 13.7. The van der Waals surface area contributed by atoms with E-state index in [1.54, 1.807) is 23.1 Å². The second-order valence-corrected chi connectivity index (χ2v) is 5.15. The quantitative estimate of drug-likeness (QED) is 0.791. The SMILES string of the molecule is CC(C)N1C(=O)CSC1c1ccccc1F. The van der Waals surface area contributed by atoms with Crippen LogP contribution >= 0.6 is 11.8 Å². The number of carbonyl (C=O) groups excluding carboxylic acids is 1. The fourth-order valence-corrected chi connectivity index (χ4v) is 3.25. The predicted molar refractivity (Wildman–Crippen MR) is 63.6 cm³/mol. The standard InChI is InChI=1S/C12H14FNOS/c1-8(2)14-11(15)7-16-12(14)9-5-3-4-6-10(9)13/h3-6,8,12H,7H2,1-2H3. The Kier molecular flexibility index (Phi) is 3.19. The van der Waals surface area contributed by atoms with Gasteiger partial charge in [-0.3, -0.25) is 4.79 Å². The summed E-state index contributed by atoms with van der Waals surface area (Å²) in [5, 5.41) is -0.173. The summed E-state index contributed by atoms with van der Waals surface area (Å²) in [4.78, 5) is 13.4. The predicted octanol–water partition coefficient (Wildman–Crippen LogP) is 2.81. The zero-order valence-corrected chi connectivity index (χ0v) is 10.1. The van der Waals surface area contributed by atoms with Gasteiger partial charge in [-0.15, -0.1) is 11.8 Å². The Morgan fingerprint density at radius 1 is 1.44 bits per heavy atom. The molecule has 0 bridgehead atoms. The molecule has 1 fully saturated rings. The van der Waals surface area contributed by atoms with Crippen molar-refractivity contribution in [3.8, 4) is 0 Å². The Bertz CT molecular complexity index is 408. The molecule has 0 aromatic heterocycles. The van der Waals surface area contributed by atoms with Gasteiger partial charge in [0.2, 0.25) is 5.91 Å². The van der Waals surface area contributed by atoms with E-state index in [0.717, 1.165) is 0 Å². The zero-order chi connectivity index (χ0) is 11.7. The summed E-state index contributed by atoms with van der Waals surface area (Å²) in [6.45, 7) is 3.91. The number of hydrogen-bond donors (Lipinski definition) is 0. The molecule has 1 aliphatic heterocycles. The van der Waals surface area contributed by atoms with Crippen LogP contribution in [0.2, 0.25) is 0 Å². The van der Waals surface area contributed by atoms with Gasteiger partial charge in [0.05, 0.1) is 5.75 Å². The molecule has 1 atom stereocenters. The van der Waals surface area contributed by atoms with Crippen molar-refractivity contribution < 1.29 is 9.18 Å². The third kappa shape index (κ3) is 1.94. The van der Waals surface area contributed by atoms with Crippen LogP contribution < -0.4 is 0 Å². The molecule has 0 spiro atoms. The van der Waals surface area contributed by atoms with Crippen molar-refractivity contribution in [1.29, 1.82) is 0 Å². The summed E-state index contributed by atoms with van der Waals surface area (Å²) < 4.78 is 13.7. The van der Waals surface area contributed by atoms with Gasteiger partial charge in [-0.25, -0.2) is 4.39 Å². The molecule has 1 aliphatic rings. The fraction of sp³-hybridized carbons (Fsp3) is 0.417. The Labute approximate surface area is 98.8 Å². The first kappa shape index (κ1) is 11.5. The first-order valence-electron chi connectivity index (χ1n) is 5.28. The lowest BCUT2D eigenvalue weighted by Gasteiger charge is -2.28. The fourth-order valence-electron chi connectivity index (χ4n) is 1.91. The average molecular weight is 239 g/mol. The second-order valence-electron chi connectivity index (χ2n) is 4.08. The van der Waals surface area contributed by atoms with Gasteiger partial charge in [-0.2, -0.15) is 0 Å². The highest BCUT2D eigenvalue weighted by Crippen LogP contribution is 2.40. The highest BCUT2D eigenvalue weighted by atomic mass is 32.2. The molecule has 1 unspecified atom stereocenters. The highest BCUT2D eigenvalue weighted by Gasteiger charge is 2.35. The molecule has 0 saturated carbocycles. The number of thioether (sulfide) groups is 1. The molecule has 4 heteroatoms. The van der Waals surface area contributed by atoms with E-state index in [4.69, 9.17) is 0 Å². The molecule has 0 N–H and O–H groups in total. The van der Waals surface area contributed by atoms with Crippen molar-refractivity contribution in [3.05, 3.63) is 35.6 Å².